The average molecular weight is 245 g/mol. The minimum Gasteiger partial charge on any atom is -0.301 e. The maximum absolute atomic E-state index is 11.2. The van der Waals surface area contributed by atoms with Gasteiger partial charge in [-0.1, -0.05) is 6.92 Å². The molecule has 1 fully saturated rings. The van der Waals surface area contributed by atoms with E-state index in [4.69, 9.17) is 10.7 Å². The fourth-order valence-electron chi connectivity index (χ4n) is 2.77. The van der Waals surface area contributed by atoms with Crippen LogP contribution in [0.3, 0.4) is 0 Å². The second-order valence-corrected chi connectivity index (χ2v) is 4.43. The fourth-order valence-corrected chi connectivity index (χ4v) is 2.77. The van der Waals surface area contributed by atoms with Crippen molar-refractivity contribution in [2.24, 2.45) is 17.3 Å². The van der Waals surface area contributed by atoms with Crippen molar-refractivity contribution in [3.05, 3.63) is 10.1 Å². The number of nitriles is 3. The molecule has 1 aliphatic carbocycles. The zero-order valence-corrected chi connectivity index (χ0v) is 9.97. The molecule has 92 valence electrons. The Morgan fingerprint density at radius 1 is 1.44 bits per heavy atom. The van der Waals surface area contributed by atoms with Gasteiger partial charge in [0.15, 0.2) is 5.41 Å². The molecule has 0 saturated heterocycles. The second kappa shape index (κ2) is 4.09. The van der Waals surface area contributed by atoms with Crippen molar-refractivity contribution in [3.63, 3.8) is 0 Å². The maximum Gasteiger partial charge on any atom is 0.263 e. The summed E-state index contributed by atoms with van der Waals surface area (Å²) in [4.78, 5) is 10.6. The number of nitro groups is 1. The number of rotatable bonds is 2. The van der Waals surface area contributed by atoms with Gasteiger partial charge in [-0.25, -0.2) is 0 Å². The molecule has 7 nitrogen and oxygen atoms in total. The molecule has 0 aromatic rings. The molecule has 1 saturated carbocycles. The SMILES string of the molecule is CC[C@@H]1C(C#N)(C#N)C(C#N)C(=N)[C@]1(C)[N+](=O)[O-]. The van der Waals surface area contributed by atoms with Gasteiger partial charge >= 0.3 is 0 Å². The number of nitrogens with one attached hydrogen (secondary N) is 1. The van der Waals surface area contributed by atoms with Gasteiger partial charge in [0.2, 0.25) is 0 Å². The van der Waals surface area contributed by atoms with Crippen LogP contribution in [-0.2, 0) is 0 Å². The van der Waals surface area contributed by atoms with Crippen LogP contribution >= 0.6 is 0 Å². The quantitative estimate of drug-likeness (QED) is 0.576. The van der Waals surface area contributed by atoms with Gasteiger partial charge in [0, 0.05) is 11.8 Å². The molecule has 0 heterocycles. The molecule has 0 spiro atoms. The minimum atomic E-state index is -1.83. The van der Waals surface area contributed by atoms with Crippen LogP contribution in [0.4, 0.5) is 0 Å². The van der Waals surface area contributed by atoms with E-state index in [1.807, 2.05) is 0 Å². The smallest absolute Gasteiger partial charge is 0.263 e. The van der Waals surface area contributed by atoms with Crippen molar-refractivity contribution in [2.75, 3.05) is 0 Å². The average Bonchev–Trinajstić information content (AvgIpc) is 2.55. The van der Waals surface area contributed by atoms with Crippen molar-refractivity contribution in [2.45, 2.75) is 25.8 Å². The third-order valence-electron chi connectivity index (χ3n) is 3.80. The highest BCUT2D eigenvalue weighted by Crippen LogP contribution is 2.53. The second-order valence-electron chi connectivity index (χ2n) is 4.43. The van der Waals surface area contributed by atoms with Crippen molar-refractivity contribution in [1.29, 1.82) is 21.2 Å². The van der Waals surface area contributed by atoms with Crippen LogP contribution < -0.4 is 0 Å². The van der Waals surface area contributed by atoms with Gasteiger partial charge in [0.25, 0.3) is 5.54 Å². The van der Waals surface area contributed by atoms with Crippen LogP contribution in [0.25, 0.3) is 0 Å². The fraction of sp³-hybridized carbons (Fsp3) is 0.636. The van der Waals surface area contributed by atoms with E-state index < -0.39 is 33.4 Å². The highest BCUT2D eigenvalue weighted by molar-refractivity contribution is 5.98. The molecular formula is C11H11N5O2. The highest BCUT2D eigenvalue weighted by Gasteiger charge is 2.71. The molecule has 3 atom stereocenters. The number of hydrogen-bond donors (Lipinski definition) is 1. The lowest BCUT2D eigenvalue weighted by Crippen LogP contribution is -2.47. The Labute approximate surface area is 104 Å². The van der Waals surface area contributed by atoms with Crippen LogP contribution in [0.2, 0.25) is 0 Å². The highest BCUT2D eigenvalue weighted by atomic mass is 16.6. The molecule has 0 amide bonds. The van der Waals surface area contributed by atoms with Gasteiger partial charge in [-0.15, -0.1) is 0 Å². The van der Waals surface area contributed by atoms with E-state index in [-0.39, 0.29) is 6.42 Å². The van der Waals surface area contributed by atoms with E-state index in [9.17, 15) is 20.6 Å². The van der Waals surface area contributed by atoms with Gasteiger partial charge in [-0.05, 0) is 6.42 Å². The maximum atomic E-state index is 11.2. The minimum absolute atomic E-state index is 0.180. The molecular weight excluding hydrogens is 234 g/mol. The monoisotopic (exact) mass is 245 g/mol. The van der Waals surface area contributed by atoms with Gasteiger partial charge in [0.1, 0.15) is 11.6 Å². The lowest BCUT2D eigenvalue weighted by Gasteiger charge is -2.26. The Balaban J connectivity index is 3.64. The molecule has 0 bridgehead atoms. The zero-order chi connectivity index (χ0) is 14.1. The van der Waals surface area contributed by atoms with E-state index in [0.29, 0.717) is 0 Å². The van der Waals surface area contributed by atoms with Gasteiger partial charge in [0.05, 0.1) is 24.1 Å². The summed E-state index contributed by atoms with van der Waals surface area (Å²) in [5.41, 5.74) is -4.10. The molecule has 0 radical (unpaired) electrons. The predicted molar refractivity (Wildman–Crippen MR) is 59.7 cm³/mol. The standard InChI is InChI=1S/C11H11N5O2/c1-3-8-10(2,16(17)18)9(15)7(4-12)11(8,5-13)6-14/h7-8,15H,3H2,1-2H3/t7?,8-,10+/m0/s1. The summed E-state index contributed by atoms with van der Waals surface area (Å²) in [5.74, 6) is -2.32. The molecule has 1 unspecified atom stereocenters. The molecule has 7 heteroatoms. The number of hydrogen-bond acceptors (Lipinski definition) is 6. The van der Waals surface area contributed by atoms with Crippen molar-refractivity contribution < 1.29 is 4.92 Å². The molecule has 18 heavy (non-hydrogen) atoms. The summed E-state index contributed by atoms with van der Waals surface area (Å²) < 4.78 is 0. The van der Waals surface area contributed by atoms with E-state index in [0.717, 1.165) is 0 Å². The molecule has 0 aromatic heterocycles. The summed E-state index contributed by atoms with van der Waals surface area (Å²) in [6.07, 6.45) is 0.180. The van der Waals surface area contributed by atoms with E-state index in [1.165, 1.54) is 6.92 Å². The van der Waals surface area contributed by atoms with E-state index in [2.05, 4.69) is 0 Å². The first-order chi connectivity index (χ1) is 8.36. The van der Waals surface area contributed by atoms with E-state index >= 15 is 0 Å². The molecule has 0 aromatic carbocycles. The first-order valence-electron chi connectivity index (χ1n) is 5.32. The lowest BCUT2D eigenvalue weighted by molar-refractivity contribution is -0.553. The third kappa shape index (κ3) is 1.23. The molecule has 0 aliphatic heterocycles. The lowest BCUT2D eigenvalue weighted by atomic mass is 9.71. The Kier molecular flexibility index (Phi) is 3.09. The van der Waals surface area contributed by atoms with E-state index in [1.54, 1.807) is 25.1 Å². The summed E-state index contributed by atoms with van der Waals surface area (Å²) >= 11 is 0. The summed E-state index contributed by atoms with van der Waals surface area (Å²) in [5, 5.41) is 46.5. The Hall–Kier alpha value is -2.46. The predicted octanol–water partition coefficient (Wildman–Crippen LogP) is 1.25. The van der Waals surface area contributed by atoms with Crippen LogP contribution in [0.15, 0.2) is 0 Å². The molecule has 1 N–H and O–H groups in total. The first-order valence-corrected chi connectivity index (χ1v) is 5.32. The van der Waals surface area contributed by atoms with Crippen LogP contribution in [0.5, 0.6) is 0 Å². The van der Waals surface area contributed by atoms with Crippen molar-refractivity contribution in [1.82, 2.24) is 0 Å². The molecule has 1 rings (SSSR count). The number of nitrogens with zero attached hydrogens (tertiary/aromatic N) is 4. The third-order valence-corrected chi connectivity index (χ3v) is 3.80. The summed E-state index contributed by atoms with van der Waals surface area (Å²) in [7, 11) is 0. The Bertz CT molecular complexity index is 521. The topological polar surface area (TPSA) is 138 Å². The molecule has 1 aliphatic rings. The van der Waals surface area contributed by atoms with Gasteiger partial charge in [-0.3, -0.25) is 10.1 Å². The zero-order valence-electron chi connectivity index (χ0n) is 9.97. The van der Waals surface area contributed by atoms with Crippen molar-refractivity contribution in [3.8, 4) is 18.2 Å². The first kappa shape index (κ1) is 13.6. The normalized spacial score (nSPS) is 33.2. The van der Waals surface area contributed by atoms with Crippen molar-refractivity contribution >= 4 is 5.71 Å². The van der Waals surface area contributed by atoms with Crippen LogP contribution in [0.1, 0.15) is 20.3 Å². The Morgan fingerprint density at radius 3 is 2.22 bits per heavy atom. The van der Waals surface area contributed by atoms with Crippen LogP contribution in [-0.4, -0.2) is 16.2 Å². The van der Waals surface area contributed by atoms with Gasteiger partial charge < -0.3 is 5.41 Å². The summed E-state index contributed by atoms with van der Waals surface area (Å²) in [6.45, 7) is 2.83. The van der Waals surface area contributed by atoms with Crippen LogP contribution in [0, 0.1) is 66.8 Å². The summed E-state index contributed by atoms with van der Waals surface area (Å²) in [6, 6.07) is 5.19. The Morgan fingerprint density at radius 2 is 1.94 bits per heavy atom. The van der Waals surface area contributed by atoms with Gasteiger partial charge in [-0.2, -0.15) is 15.8 Å². The largest absolute Gasteiger partial charge is 0.301 e.